The summed E-state index contributed by atoms with van der Waals surface area (Å²) in [5.41, 5.74) is 5.55. The van der Waals surface area contributed by atoms with E-state index in [2.05, 4.69) is 15.9 Å². The molecular weight excluding hydrogens is 211 g/mol. The molecule has 0 radical (unpaired) electrons. The molecule has 1 rings (SSSR count). The Hall–Kier alpha value is -0.900. The van der Waals surface area contributed by atoms with Gasteiger partial charge in [0.05, 0.1) is 0 Å². The van der Waals surface area contributed by atoms with Gasteiger partial charge in [-0.15, -0.1) is 0 Å². The van der Waals surface area contributed by atoms with E-state index >= 15 is 0 Å². The third-order valence-electron chi connectivity index (χ3n) is 1.22. The van der Waals surface area contributed by atoms with Gasteiger partial charge in [-0.05, 0) is 18.2 Å². The van der Waals surface area contributed by atoms with Crippen LogP contribution in [0.25, 0.3) is 0 Å². The summed E-state index contributed by atoms with van der Waals surface area (Å²) in [7, 11) is 0. The minimum absolute atomic E-state index is 0.142. The van der Waals surface area contributed by atoms with Gasteiger partial charge in [0, 0.05) is 10.0 Å². The highest BCUT2D eigenvalue weighted by atomic mass is 79.9. The van der Waals surface area contributed by atoms with Crippen molar-refractivity contribution in [3.8, 4) is 0 Å². The van der Waals surface area contributed by atoms with Crippen LogP contribution in [-0.4, -0.2) is 5.84 Å². The van der Waals surface area contributed by atoms with Crippen LogP contribution in [0.4, 0.5) is 4.39 Å². The Morgan fingerprint density at radius 3 is 2.64 bits per heavy atom. The second-order valence-electron chi connectivity index (χ2n) is 2.04. The second-order valence-corrected chi connectivity index (χ2v) is 2.89. The topological polar surface area (TPSA) is 49.9 Å². The van der Waals surface area contributed by atoms with Crippen LogP contribution in [0.2, 0.25) is 0 Å². The molecule has 0 fully saturated rings. The van der Waals surface area contributed by atoms with E-state index in [1.807, 2.05) is 0 Å². The van der Waals surface area contributed by atoms with Crippen LogP contribution in [0.1, 0.15) is 5.56 Å². The van der Waals surface area contributed by atoms with E-state index in [4.69, 9.17) is 11.1 Å². The highest BCUT2D eigenvalue weighted by Gasteiger charge is 2.02. The first-order valence-corrected chi connectivity index (χ1v) is 3.70. The van der Waals surface area contributed by atoms with E-state index in [0.29, 0.717) is 10.0 Å². The highest BCUT2D eigenvalue weighted by molar-refractivity contribution is 9.10. The van der Waals surface area contributed by atoms with Crippen LogP contribution in [0.3, 0.4) is 0 Å². The van der Waals surface area contributed by atoms with Gasteiger partial charge in [0.25, 0.3) is 0 Å². The molecule has 0 saturated carbocycles. The number of nitrogen functional groups attached to an aromatic ring is 1. The lowest BCUT2D eigenvalue weighted by Crippen LogP contribution is -2.11. The van der Waals surface area contributed by atoms with Crippen molar-refractivity contribution in [3.63, 3.8) is 0 Å². The van der Waals surface area contributed by atoms with E-state index in [0.717, 1.165) is 0 Å². The van der Waals surface area contributed by atoms with Gasteiger partial charge in [-0.25, -0.2) is 4.39 Å². The number of hydrogen-bond acceptors (Lipinski definition) is 1. The predicted octanol–water partition coefficient (Wildman–Crippen LogP) is 1.87. The van der Waals surface area contributed by atoms with E-state index in [9.17, 15) is 4.39 Å². The SMILES string of the molecule is N=C(N)c1cc(F)ccc1Br. The minimum atomic E-state index is -0.390. The van der Waals surface area contributed by atoms with Gasteiger partial charge in [0.2, 0.25) is 0 Å². The lowest BCUT2D eigenvalue weighted by molar-refractivity contribution is 0.627. The number of nitrogens with one attached hydrogen (secondary N) is 1. The summed E-state index contributed by atoms with van der Waals surface area (Å²) in [6, 6.07) is 4.04. The van der Waals surface area contributed by atoms with Crippen LogP contribution in [0, 0.1) is 11.2 Å². The first-order chi connectivity index (χ1) is 5.11. The van der Waals surface area contributed by atoms with Crippen LogP contribution in [0.15, 0.2) is 22.7 Å². The number of benzene rings is 1. The maximum absolute atomic E-state index is 12.5. The Kier molecular flexibility index (Phi) is 2.24. The van der Waals surface area contributed by atoms with Gasteiger partial charge in [-0.1, -0.05) is 15.9 Å². The van der Waals surface area contributed by atoms with E-state index < -0.39 is 5.82 Å². The van der Waals surface area contributed by atoms with Crippen LogP contribution in [0.5, 0.6) is 0 Å². The molecule has 0 amide bonds. The average Bonchev–Trinajstić information content (AvgIpc) is 1.94. The lowest BCUT2D eigenvalue weighted by atomic mass is 10.2. The van der Waals surface area contributed by atoms with Crippen molar-refractivity contribution in [1.29, 1.82) is 5.41 Å². The number of hydrogen-bond donors (Lipinski definition) is 2. The Labute approximate surface area is 71.9 Å². The van der Waals surface area contributed by atoms with Crippen molar-refractivity contribution in [1.82, 2.24) is 0 Å². The zero-order valence-electron chi connectivity index (χ0n) is 5.57. The van der Waals surface area contributed by atoms with Gasteiger partial charge in [-0.2, -0.15) is 0 Å². The maximum atomic E-state index is 12.5. The predicted molar refractivity (Wildman–Crippen MR) is 45.1 cm³/mol. The normalized spacial score (nSPS) is 9.64. The Balaban J connectivity index is 3.23. The zero-order chi connectivity index (χ0) is 8.43. The molecule has 0 atom stereocenters. The molecule has 0 aliphatic heterocycles. The number of amidine groups is 1. The van der Waals surface area contributed by atoms with Crippen molar-refractivity contribution in [2.75, 3.05) is 0 Å². The van der Waals surface area contributed by atoms with Crippen LogP contribution in [-0.2, 0) is 0 Å². The van der Waals surface area contributed by atoms with Gasteiger partial charge in [-0.3, -0.25) is 5.41 Å². The van der Waals surface area contributed by atoms with E-state index in [-0.39, 0.29) is 5.84 Å². The molecule has 0 heterocycles. The van der Waals surface area contributed by atoms with Crippen molar-refractivity contribution < 1.29 is 4.39 Å². The quantitative estimate of drug-likeness (QED) is 0.547. The molecule has 4 heteroatoms. The molecule has 3 N–H and O–H groups in total. The summed E-state index contributed by atoms with van der Waals surface area (Å²) in [4.78, 5) is 0. The molecule has 58 valence electrons. The summed E-state index contributed by atoms with van der Waals surface area (Å²) in [6.45, 7) is 0. The van der Waals surface area contributed by atoms with E-state index in [1.54, 1.807) is 0 Å². The zero-order valence-corrected chi connectivity index (χ0v) is 7.15. The van der Waals surface area contributed by atoms with Crippen molar-refractivity contribution >= 4 is 21.8 Å². The fourth-order valence-electron chi connectivity index (χ4n) is 0.704. The molecule has 0 aliphatic carbocycles. The van der Waals surface area contributed by atoms with E-state index in [1.165, 1.54) is 18.2 Å². The first kappa shape index (κ1) is 8.20. The van der Waals surface area contributed by atoms with Gasteiger partial charge in [0.15, 0.2) is 0 Å². The molecule has 1 aromatic rings. The van der Waals surface area contributed by atoms with Crippen LogP contribution >= 0.6 is 15.9 Å². The third-order valence-corrected chi connectivity index (χ3v) is 1.91. The summed E-state index contributed by atoms with van der Waals surface area (Å²) >= 11 is 3.14. The second kappa shape index (κ2) is 3.00. The fourth-order valence-corrected chi connectivity index (χ4v) is 1.16. The van der Waals surface area contributed by atoms with Gasteiger partial charge < -0.3 is 5.73 Å². The smallest absolute Gasteiger partial charge is 0.124 e. The van der Waals surface area contributed by atoms with Gasteiger partial charge in [0.1, 0.15) is 11.7 Å². The standard InChI is InChI=1S/C7H6BrFN2/c8-6-2-1-4(9)3-5(6)7(10)11/h1-3H,(H3,10,11). The molecule has 0 saturated heterocycles. The summed E-state index contributed by atoms with van der Waals surface area (Å²) in [5, 5.41) is 7.05. The number of rotatable bonds is 1. The molecule has 0 spiro atoms. The maximum Gasteiger partial charge on any atom is 0.124 e. The number of nitrogens with two attached hydrogens (primary N) is 1. The highest BCUT2D eigenvalue weighted by Crippen LogP contribution is 2.16. The molecule has 0 aromatic heterocycles. The fraction of sp³-hybridized carbons (Fsp3) is 0. The Morgan fingerprint density at radius 2 is 2.18 bits per heavy atom. The molecule has 0 unspecified atom stereocenters. The van der Waals surface area contributed by atoms with Crippen molar-refractivity contribution in [3.05, 3.63) is 34.1 Å². The summed E-state index contributed by atoms with van der Waals surface area (Å²) in [6.07, 6.45) is 0. The molecule has 0 aliphatic rings. The minimum Gasteiger partial charge on any atom is -0.384 e. The largest absolute Gasteiger partial charge is 0.384 e. The van der Waals surface area contributed by atoms with Crippen LogP contribution < -0.4 is 5.73 Å². The number of halogens is 2. The Morgan fingerprint density at radius 1 is 1.55 bits per heavy atom. The molecule has 0 bridgehead atoms. The van der Waals surface area contributed by atoms with Crippen molar-refractivity contribution in [2.24, 2.45) is 5.73 Å². The molecule has 2 nitrogen and oxygen atoms in total. The molecule has 11 heavy (non-hydrogen) atoms. The first-order valence-electron chi connectivity index (χ1n) is 2.90. The summed E-state index contributed by atoms with van der Waals surface area (Å²) in [5.74, 6) is -0.533. The van der Waals surface area contributed by atoms with Crippen molar-refractivity contribution in [2.45, 2.75) is 0 Å². The molecule has 1 aromatic carbocycles. The third kappa shape index (κ3) is 1.77. The lowest BCUT2D eigenvalue weighted by Gasteiger charge is -2.00. The van der Waals surface area contributed by atoms with Gasteiger partial charge >= 0.3 is 0 Å². The Bertz CT molecular complexity index is 298. The molecular formula is C7H6BrFN2. The monoisotopic (exact) mass is 216 g/mol. The average molecular weight is 217 g/mol. The summed E-state index contributed by atoms with van der Waals surface area (Å²) < 4.78 is 13.2.